The predicted octanol–water partition coefficient (Wildman–Crippen LogP) is 3.13. The molecule has 10 nitrogen and oxygen atoms in total. The van der Waals surface area contributed by atoms with Crippen LogP contribution >= 0.6 is 0 Å². The van der Waals surface area contributed by atoms with E-state index < -0.39 is 47.6 Å². The van der Waals surface area contributed by atoms with Crippen molar-refractivity contribution in [3.8, 4) is 6.07 Å². The molecule has 0 unspecified atom stereocenters. The second kappa shape index (κ2) is 19.0. The summed E-state index contributed by atoms with van der Waals surface area (Å²) in [5.41, 5.74) is 2.60. The predicted molar refractivity (Wildman–Crippen MR) is 169 cm³/mol. The molecule has 45 heavy (non-hydrogen) atoms. The summed E-state index contributed by atoms with van der Waals surface area (Å²) in [5.74, 6) is -2.54. The van der Waals surface area contributed by atoms with Crippen molar-refractivity contribution in [2.24, 2.45) is 5.92 Å². The average molecular weight is 622 g/mol. The molecule has 0 bridgehead atoms. The van der Waals surface area contributed by atoms with Gasteiger partial charge in [0, 0.05) is 19.5 Å². The Morgan fingerprint density at radius 3 is 2.29 bits per heavy atom. The van der Waals surface area contributed by atoms with E-state index in [2.05, 4.69) is 21.3 Å². The largest absolute Gasteiger partial charge is 0.391 e. The topological polar surface area (TPSA) is 160 Å². The van der Waals surface area contributed by atoms with Gasteiger partial charge in [-0.2, -0.15) is 5.26 Å². The molecule has 2 rings (SSSR count). The molecule has 0 fully saturated rings. The maximum Gasteiger partial charge on any atom is 0.261 e. The Hall–Kier alpha value is -4.56. The number of amides is 4. The SMILES string of the molecule is Cc1ccc(CNC(=O)[C@H](CCCCNC(=O)C(C#N)=CC(C)C)NC(=O)[C@@H](NC(=O)CCc2cccc(F)c2)[C@@H](C)O)cc1. The molecule has 0 saturated carbocycles. The summed E-state index contributed by atoms with van der Waals surface area (Å²) in [6.07, 6.45) is 1.65. The molecule has 0 saturated heterocycles. The fourth-order valence-electron chi connectivity index (χ4n) is 4.42. The van der Waals surface area contributed by atoms with Gasteiger partial charge in [-0.3, -0.25) is 19.2 Å². The Balaban J connectivity index is 2.02. The van der Waals surface area contributed by atoms with Gasteiger partial charge in [-0.1, -0.05) is 61.9 Å². The molecule has 0 aliphatic heterocycles. The first-order valence-corrected chi connectivity index (χ1v) is 15.1. The van der Waals surface area contributed by atoms with Gasteiger partial charge in [0.2, 0.25) is 17.7 Å². The lowest BCUT2D eigenvalue weighted by Crippen LogP contribution is -2.57. The monoisotopic (exact) mass is 621 g/mol. The van der Waals surface area contributed by atoms with Gasteiger partial charge in [-0.25, -0.2) is 4.39 Å². The zero-order valence-corrected chi connectivity index (χ0v) is 26.4. The number of nitrogens with zero attached hydrogens (tertiary/aromatic N) is 1. The number of rotatable bonds is 17. The third kappa shape index (κ3) is 13.7. The molecule has 5 N–H and O–H groups in total. The maximum atomic E-state index is 13.5. The van der Waals surface area contributed by atoms with Crippen LogP contribution < -0.4 is 21.3 Å². The number of hydrogen-bond acceptors (Lipinski definition) is 6. The van der Waals surface area contributed by atoms with Gasteiger partial charge >= 0.3 is 0 Å². The van der Waals surface area contributed by atoms with Crippen LogP contribution in [0.5, 0.6) is 0 Å². The van der Waals surface area contributed by atoms with Crippen LogP contribution in [0.25, 0.3) is 0 Å². The molecule has 242 valence electrons. The van der Waals surface area contributed by atoms with Crippen molar-refractivity contribution in [3.63, 3.8) is 0 Å². The highest BCUT2D eigenvalue weighted by atomic mass is 19.1. The number of halogens is 1. The zero-order valence-electron chi connectivity index (χ0n) is 26.4. The van der Waals surface area contributed by atoms with Gasteiger partial charge in [-0.15, -0.1) is 0 Å². The summed E-state index contributed by atoms with van der Waals surface area (Å²) in [6, 6.07) is 13.1. The highest BCUT2D eigenvalue weighted by molar-refractivity contribution is 5.97. The van der Waals surface area contributed by atoms with E-state index in [9.17, 15) is 33.9 Å². The van der Waals surface area contributed by atoms with E-state index in [1.54, 1.807) is 18.2 Å². The van der Waals surface area contributed by atoms with Crippen LogP contribution in [0.15, 0.2) is 60.2 Å². The van der Waals surface area contributed by atoms with Crippen LogP contribution in [0, 0.1) is 30.0 Å². The molecule has 0 aromatic heterocycles. The van der Waals surface area contributed by atoms with Gasteiger partial charge in [0.05, 0.1) is 6.10 Å². The third-order valence-corrected chi connectivity index (χ3v) is 6.90. The normalized spacial score (nSPS) is 13.2. The number of aliphatic hydroxyl groups excluding tert-OH is 1. The smallest absolute Gasteiger partial charge is 0.261 e. The first-order chi connectivity index (χ1) is 21.4. The fourth-order valence-corrected chi connectivity index (χ4v) is 4.42. The van der Waals surface area contributed by atoms with Crippen LogP contribution in [-0.2, 0) is 32.1 Å². The molecule has 4 amide bonds. The van der Waals surface area contributed by atoms with Crippen LogP contribution in [-0.4, -0.2) is 53.5 Å². The summed E-state index contributed by atoms with van der Waals surface area (Å²) in [7, 11) is 0. The van der Waals surface area contributed by atoms with E-state index >= 15 is 0 Å². The lowest BCUT2D eigenvalue weighted by Gasteiger charge is -2.25. The van der Waals surface area contributed by atoms with Crippen LogP contribution in [0.4, 0.5) is 4.39 Å². The lowest BCUT2D eigenvalue weighted by molar-refractivity contribution is -0.134. The fraction of sp³-hybridized carbons (Fsp3) is 0.441. The minimum atomic E-state index is -1.33. The van der Waals surface area contributed by atoms with E-state index in [1.165, 1.54) is 19.1 Å². The Kier molecular flexibility index (Phi) is 15.4. The molecule has 0 aliphatic rings. The van der Waals surface area contributed by atoms with Gasteiger partial charge in [-0.05, 0) is 68.7 Å². The van der Waals surface area contributed by atoms with Crippen molar-refractivity contribution in [3.05, 3.63) is 82.7 Å². The number of carbonyl (C=O) groups excluding carboxylic acids is 4. The van der Waals surface area contributed by atoms with Crippen molar-refractivity contribution in [2.75, 3.05) is 6.54 Å². The van der Waals surface area contributed by atoms with Gasteiger partial charge in [0.25, 0.3) is 5.91 Å². The summed E-state index contributed by atoms with van der Waals surface area (Å²) < 4.78 is 13.5. The zero-order chi connectivity index (χ0) is 33.4. The van der Waals surface area contributed by atoms with Crippen molar-refractivity contribution >= 4 is 23.6 Å². The summed E-state index contributed by atoms with van der Waals surface area (Å²) in [4.78, 5) is 51.3. The van der Waals surface area contributed by atoms with Crippen LogP contribution in [0.2, 0.25) is 0 Å². The number of nitrogens with one attached hydrogen (secondary N) is 4. The number of hydrogen-bond donors (Lipinski definition) is 5. The number of benzene rings is 2. The van der Waals surface area contributed by atoms with E-state index in [1.807, 2.05) is 51.1 Å². The minimum Gasteiger partial charge on any atom is -0.391 e. The molecule has 11 heteroatoms. The second-order valence-electron chi connectivity index (χ2n) is 11.4. The lowest BCUT2D eigenvalue weighted by atomic mass is 10.1. The van der Waals surface area contributed by atoms with Crippen molar-refractivity contribution in [1.29, 1.82) is 5.26 Å². The highest BCUT2D eigenvalue weighted by Gasteiger charge is 2.29. The summed E-state index contributed by atoms with van der Waals surface area (Å²) in [5, 5.41) is 30.2. The van der Waals surface area contributed by atoms with Gasteiger partial charge in [0.15, 0.2) is 0 Å². The van der Waals surface area contributed by atoms with Crippen molar-refractivity contribution in [1.82, 2.24) is 21.3 Å². The van der Waals surface area contributed by atoms with Crippen molar-refractivity contribution in [2.45, 2.75) is 84.5 Å². The number of aryl methyl sites for hydroxylation is 2. The number of allylic oxidation sites excluding steroid dienone is 1. The van der Waals surface area contributed by atoms with E-state index in [-0.39, 0.29) is 43.8 Å². The Labute approximate surface area is 264 Å². The van der Waals surface area contributed by atoms with Crippen molar-refractivity contribution < 1.29 is 28.7 Å². The van der Waals surface area contributed by atoms with E-state index in [0.29, 0.717) is 18.4 Å². The number of aliphatic hydroxyl groups is 1. The minimum absolute atomic E-state index is 0.0350. The molecular formula is C34H44FN5O5. The molecule has 2 aromatic carbocycles. The number of nitriles is 1. The second-order valence-corrected chi connectivity index (χ2v) is 11.4. The highest BCUT2D eigenvalue weighted by Crippen LogP contribution is 2.09. The Morgan fingerprint density at radius 2 is 1.67 bits per heavy atom. The molecule has 0 heterocycles. The molecule has 0 aliphatic carbocycles. The first-order valence-electron chi connectivity index (χ1n) is 15.1. The standard InChI is InChI=1S/C34H44FN5O5/c1-22(2)18-27(20-36)32(43)37-17-6-5-10-29(33(44)38-21-26-13-11-23(3)12-14-26)39-34(45)31(24(4)41)40-30(42)16-15-25-8-7-9-28(35)19-25/h7-9,11-14,18-19,22,24,29,31,41H,5-6,10,15-17,21H2,1-4H3,(H,37,43)(H,38,44)(H,39,45)(H,40,42)/t24-,29+,31+/m1/s1. The Bertz CT molecular complexity index is 1370. The summed E-state index contributed by atoms with van der Waals surface area (Å²) in [6.45, 7) is 7.54. The number of carbonyl (C=O) groups is 4. The van der Waals surface area contributed by atoms with E-state index in [0.717, 1.165) is 11.1 Å². The van der Waals surface area contributed by atoms with Gasteiger partial charge < -0.3 is 26.4 Å². The maximum absolute atomic E-state index is 13.5. The van der Waals surface area contributed by atoms with Crippen LogP contribution in [0.3, 0.4) is 0 Å². The first kappa shape index (κ1) is 36.6. The summed E-state index contributed by atoms with van der Waals surface area (Å²) >= 11 is 0. The van der Waals surface area contributed by atoms with Gasteiger partial charge in [0.1, 0.15) is 29.5 Å². The quantitative estimate of drug-likeness (QED) is 0.104. The Morgan fingerprint density at radius 1 is 0.956 bits per heavy atom. The average Bonchev–Trinajstić information content (AvgIpc) is 2.99. The third-order valence-electron chi connectivity index (χ3n) is 6.90. The molecule has 2 aromatic rings. The molecular weight excluding hydrogens is 577 g/mol. The molecule has 3 atom stereocenters. The molecule has 0 radical (unpaired) electrons. The van der Waals surface area contributed by atoms with Crippen LogP contribution in [0.1, 0.15) is 63.1 Å². The molecule has 0 spiro atoms. The number of unbranched alkanes of at least 4 members (excludes halogenated alkanes) is 1. The van der Waals surface area contributed by atoms with E-state index in [4.69, 9.17) is 0 Å².